The quantitative estimate of drug-likeness (QED) is 0.868. The van der Waals surface area contributed by atoms with Gasteiger partial charge in [-0.3, -0.25) is 4.68 Å². The van der Waals surface area contributed by atoms with E-state index in [9.17, 15) is 5.11 Å². The fourth-order valence-electron chi connectivity index (χ4n) is 1.78. The molecule has 1 aromatic carbocycles. The molecule has 0 aliphatic heterocycles. The van der Waals surface area contributed by atoms with Crippen LogP contribution in [0.5, 0.6) is 0 Å². The molecule has 0 saturated carbocycles. The summed E-state index contributed by atoms with van der Waals surface area (Å²) in [5, 5.41) is 14.2. The zero-order chi connectivity index (χ0) is 12.3. The summed E-state index contributed by atoms with van der Waals surface area (Å²) in [5.41, 5.74) is 2.15. The molecule has 1 unspecified atom stereocenters. The van der Waals surface area contributed by atoms with Crippen molar-refractivity contribution in [3.05, 3.63) is 51.4 Å². The molecule has 1 heterocycles. The first-order chi connectivity index (χ1) is 8.15. The van der Waals surface area contributed by atoms with Gasteiger partial charge in [0, 0.05) is 16.8 Å². The van der Waals surface area contributed by atoms with Crippen LogP contribution in [0.15, 0.2) is 36.7 Å². The van der Waals surface area contributed by atoms with Crippen LogP contribution < -0.4 is 0 Å². The first kappa shape index (κ1) is 12.6. The van der Waals surface area contributed by atoms with E-state index >= 15 is 0 Å². The molecule has 2 rings (SSSR count). The Bertz CT molecular complexity index is 496. The summed E-state index contributed by atoms with van der Waals surface area (Å²) < 4.78 is 2.94. The summed E-state index contributed by atoms with van der Waals surface area (Å²) in [6, 6.07) is 7.99. The molecule has 0 saturated heterocycles. The molecular formula is C13H15IN2O. The number of benzene rings is 1. The molecule has 0 spiro atoms. The Balaban J connectivity index is 1.95. The maximum Gasteiger partial charge on any atom is 0.0793 e. The third-order valence-electron chi connectivity index (χ3n) is 2.70. The van der Waals surface area contributed by atoms with Gasteiger partial charge in [0.15, 0.2) is 0 Å². The molecule has 1 atom stereocenters. The Morgan fingerprint density at radius 2 is 2.29 bits per heavy atom. The van der Waals surface area contributed by atoms with Gasteiger partial charge < -0.3 is 5.11 Å². The first-order valence-corrected chi connectivity index (χ1v) is 6.64. The monoisotopic (exact) mass is 342 g/mol. The molecule has 3 nitrogen and oxygen atoms in total. The van der Waals surface area contributed by atoms with Crippen molar-refractivity contribution in [2.45, 2.75) is 18.9 Å². The zero-order valence-electron chi connectivity index (χ0n) is 9.68. The van der Waals surface area contributed by atoms with Gasteiger partial charge in [-0.15, -0.1) is 0 Å². The number of hydrogen-bond donors (Lipinski definition) is 1. The lowest BCUT2D eigenvalue weighted by molar-refractivity contribution is 0.168. The summed E-state index contributed by atoms with van der Waals surface area (Å²) in [4.78, 5) is 0. The van der Waals surface area contributed by atoms with Gasteiger partial charge >= 0.3 is 0 Å². The van der Waals surface area contributed by atoms with Crippen LogP contribution in [0.3, 0.4) is 0 Å². The number of nitrogens with zero attached hydrogens (tertiary/aromatic N) is 2. The van der Waals surface area contributed by atoms with Crippen molar-refractivity contribution in [1.29, 1.82) is 0 Å². The standard InChI is InChI=1S/C13H15IN2O/c1-16-9-10(8-15-16)5-6-13(17)11-3-2-4-12(14)7-11/h2-4,7-9,13,17H,5-6H2,1H3. The highest BCUT2D eigenvalue weighted by atomic mass is 127. The van der Waals surface area contributed by atoms with Crippen molar-refractivity contribution >= 4 is 22.6 Å². The van der Waals surface area contributed by atoms with Crippen LogP contribution in [0.4, 0.5) is 0 Å². The fraction of sp³-hybridized carbons (Fsp3) is 0.308. The third kappa shape index (κ3) is 3.54. The van der Waals surface area contributed by atoms with Gasteiger partial charge in [0.25, 0.3) is 0 Å². The summed E-state index contributed by atoms with van der Waals surface area (Å²) >= 11 is 2.26. The molecular weight excluding hydrogens is 327 g/mol. The molecule has 2 aromatic rings. The molecule has 0 bridgehead atoms. The molecule has 1 aromatic heterocycles. The van der Waals surface area contributed by atoms with Gasteiger partial charge in [0.1, 0.15) is 0 Å². The second-order valence-corrected chi connectivity index (χ2v) is 5.38. The number of aliphatic hydroxyl groups excluding tert-OH is 1. The zero-order valence-corrected chi connectivity index (χ0v) is 11.8. The minimum Gasteiger partial charge on any atom is -0.388 e. The van der Waals surface area contributed by atoms with E-state index < -0.39 is 6.10 Å². The van der Waals surface area contributed by atoms with Gasteiger partial charge in [0.2, 0.25) is 0 Å². The Morgan fingerprint density at radius 3 is 2.94 bits per heavy atom. The van der Waals surface area contributed by atoms with E-state index in [4.69, 9.17) is 0 Å². The molecule has 0 aliphatic rings. The van der Waals surface area contributed by atoms with Gasteiger partial charge in [-0.25, -0.2) is 0 Å². The fourth-order valence-corrected chi connectivity index (χ4v) is 2.35. The van der Waals surface area contributed by atoms with Crippen LogP contribution in [0.25, 0.3) is 0 Å². The second-order valence-electron chi connectivity index (χ2n) is 4.13. The average molecular weight is 342 g/mol. The van der Waals surface area contributed by atoms with Gasteiger partial charge in [0.05, 0.1) is 12.3 Å². The van der Waals surface area contributed by atoms with Crippen LogP contribution in [0, 0.1) is 3.57 Å². The molecule has 90 valence electrons. The van der Waals surface area contributed by atoms with Gasteiger partial charge in [-0.2, -0.15) is 5.10 Å². The lowest BCUT2D eigenvalue weighted by Gasteiger charge is -2.10. The highest BCUT2D eigenvalue weighted by Gasteiger charge is 2.08. The number of aryl methyl sites for hydroxylation is 2. The van der Waals surface area contributed by atoms with Crippen molar-refractivity contribution in [1.82, 2.24) is 9.78 Å². The molecule has 0 aliphatic carbocycles. The summed E-state index contributed by atoms with van der Waals surface area (Å²) in [5.74, 6) is 0. The molecule has 0 fully saturated rings. The number of halogens is 1. The Labute approximate surface area is 115 Å². The average Bonchev–Trinajstić information content (AvgIpc) is 2.72. The van der Waals surface area contributed by atoms with Crippen molar-refractivity contribution in [2.75, 3.05) is 0 Å². The Morgan fingerprint density at radius 1 is 1.47 bits per heavy atom. The lowest BCUT2D eigenvalue weighted by atomic mass is 10.0. The molecule has 0 radical (unpaired) electrons. The van der Waals surface area contributed by atoms with Crippen molar-refractivity contribution in [2.24, 2.45) is 7.05 Å². The smallest absolute Gasteiger partial charge is 0.0793 e. The summed E-state index contributed by atoms with van der Waals surface area (Å²) in [6.45, 7) is 0. The number of aliphatic hydroxyl groups is 1. The largest absolute Gasteiger partial charge is 0.388 e. The molecule has 1 N–H and O–H groups in total. The van der Waals surface area contributed by atoms with Crippen LogP contribution >= 0.6 is 22.6 Å². The SMILES string of the molecule is Cn1cc(CCC(O)c2cccc(I)c2)cn1. The van der Waals surface area contributed by atoms with Crippen LogP contribution in [-0.2, 0) is 13.5 Å². The van der Waals surface area contributed by atoms with E-state index in [-0.39, 0.29) is 0 Å². The van der Waals surface area contributed by atoms with Crippen LogP contribution in [0.2, 0.25) is 0 Å². The number of aromatic nitrogens is 2. The minimum absolute atomic E-state index is 0.398. The van der Waals surface area contributed by atoms with E-state index in [0.717, 1.165) is 27.5 Å². The van der Waals surface area contributed by atoms with E-state index in [2.05, 4.69) is 27.7 Å². The maximum atomic E-state index is 10.1. The minimum atomic E-state index is -0.398. The van der Waals surface area contributed by atoms with E-state index in [1.54, 1.807) is 4.68 Å². The third-order valence-corrected chi connectivity index (χ3v) is 3.37. The highest BCUT2D eigenvalue weighted by Crippen LogP contribution is 2.20. The van der Waals surface area contributed by atoms with Crippen LogP contribution in [0.1, 0.15) is 23.7 Å². The highest BCUT2D eigenvalue weighted by molar-refractivity contribution is 14.1. The lowest BCUT2D eigenvalue weighted by Crippen LogP contribution is -1.99. The van der Waals surface area contributed by atoms with Gasteiger partial charge in [-0.1, -0.05) is 12.1 Å². The molecule has 4 heteroatoms. The number of hydrogen-bond acceptors (Lipinski definition) is 2. The maximum absolute atomic E-state index is 10.1. The molecule has 17 heavy (non-hydrogen) atoms. The van der Waals surface area contributed by atoms with E-state index in [1.807, 2.05) is 43.7 Å². The van der Waals surface area contributed by atoms with Gasteiger partial charge in [-0.05, 0) is 58.7 Å². The van der Waals surface area contributed by atoms with Crippen LogP contribution in [-0.4, -0.2) is 14.9 Å². The summed E-state index contributed by atoms with van der Waals surface area (Å²) in [7, 11) is 1.90. The predicted molar refractivity (Wildman–Crippen MR) is 75.6 cm³/mol. The van der Waals surface area contributed by atoms with Crippen molar-refractivity contribution in [3.8, 4) is 0 Å². The first-order valence-electron chi connectivity index (χ1n) is 5.56. The van der Waals surface area contributed by atoms with E-state index in [1.165, 1.54) is 0 Å². The normalized spacial score (nSPS) is 12.6. The Kier molecular flexibility index (Phi) is 4.17. The molecule has 0 amide bonds. The summed E-state index contributed by atoms with van der Waals surface area (Å²) in [6.07, 6.45) is 5.01. The van der Waals surface area contributed by atoms with Crippen molar-refractivity contribution < 1.29 is 5.11 Å². The second kappa shape index (κ2) is 5.64. The van der Waals surface area contributed by atoms with Crippen molar-refractivity contribution in [3.63, 3.8) is 0 Å². The topological polar surface area (TPSA) is 38.0 Å². The Hall–Kier alpha value is -0.880. The number of rotatable bonds is 4. The van der Waals surface area contributed by atoms with E-state index in [0.29, 0.717) is 0 Å². The predicted octanol–water partition coefficient (Wildman–Crippen LogP) is 2.69.